The van der Waals surface area contributed by atoms with Crippen LogP contribution in [0.25, 0.3) is 11.5 Å². The molecule has 2 atom stereocenters. The number of methoxy groups -OCH3 is 1. The second-order valence-electron chi connectivity index (χ2n) is 9.46. The van der Waals surface area contributed by atoms with Gasteiger partial charge >= 0.3 is 0 Å². The van der Waals surface area contributed by atoms with Crippen molar-refractivity contribution in [1.29, 1.82) is 0 Å². The van der Waals surface area contributed by atoms with Crippen LogP contribution in [0.1, 0.15) is 30.2 Å². The second-order valence-corrected chi connectivity index (χ2v) is 9.46. The summed E-state index contributed by atoms with van der Waals surface area (Å²) < 4.78 is 11.4. The number of rotatable bonds is 7. The van der Waals surface area contributed by atoms with E-state index in [-0.39, 0.29) is 17.7 Å². The summed E-state index contributed by atoms with van der Waals surface area (Å²) in [5, 5.41) is 8.69. The fourth-order valence-corrected chi connectivity index (χ4v) is 5.02. The van der Waals surface area contributed by atoms with Crippen molar-refractivity contribution in [2.24, 2.45) is 5.92 Å². The number of likely N-dealkylation sites (tertiary alicyclic amines) is 1. The first-order chi connectivity index (χ1) is 16.0. The molecule has 2 aromatic carbocycles. The highest BCUT2D eigenvalue weighted by Crippen LogP contribution is 2.51. The third-order valence-electron chi connectivity index (χ3n) is 6.91. The predicted molar refractivity (Wildman–Crippen MR) is 125 cm³/mol. The third-order valence-corrected chi connectivity index (χ3v) is 6.91. The van der Waals surface area contributed by atoms with Crippen LogP contribution in [0.15, 0.2) is 59.0 Å². The number of carbonyl (C=O) groups excluding carboxylic acids is 1. The maximum Gasteiger partial charge on any atom is 0.247 e. The molecular formula is C26H30N4O3. The molecule has 0 bridgehead atoms. The number of aromatic nitrogens is 2. The van der Waals surface area contributed by atoms with Crippen molar-refractivity contribution in [3.63, 3.8) is 0 Å². The molecule has 7 nitrogen and oxygen atoms in total. The van der Waals surface area contributed by atoms with Gasteiger partial charge in [-0.25, -0.2) is 0 Å². The topological polar surface area (TPSA) is 71.7 Å². The Morgan fingerprint density at radius 1 is 1.09 bits per heavy atom. The molecule has 7 heteroatoms. The molecule has 1 saturated carbocycles. The summed E-state index contributed by atoms with van der Waals surface area (Å²) in [6.45, 7) is 2.15. The molecule has 1 aliphatic heterocycles. The Hall–Kier alpha value is -3.19. The lowest BCUT2D eigenvalue weighted by Crippen LogP contribution is -2.38. The highest BCUT2D eigenvalue weighted by molar-refractivity contribution is 5.91. The number of hydrogen-bond acceptors (Lipinski definition) is 6. The van der Waals surface area contributed by atoms with Gasteiger partial charge < -0.3 is 19.0 Å². The fraction of sp³-hybridized carbons (Fsp3) is 0.423. The maximum absolute atomic E-state index is 13.7. The van der Waals surface area contributed by atoms with E-state index in [1.807, 2.05) is 59.5 Å². The third kappa shape index (κ3) is 4.13. The average molecular weight is 447 g/mol. The zero-order valence-corrected chi connectivity index (χ0v) is 19.4. The zero-order valence-electron chi connectivity index (χ0n) is 19.4. The summed E-state index contributed by atoms with van der Waals surface area (Å²) in [5.74, 6) is 2.41. The Morgan fingerprint density at radius 3 is 2.45 bits per heavy atom. The maximum atomic E-state index is 13.7. The normalized spacial score (nSPS) is 21.4. The van der Waals surface area contributed by atoms with Crippen LogP contribution in [0.4, 0.5) is 0 Å². The number of benzene rings is 2. The fourth-order valence-electron chi connectivity index (χ4n) is 5.02. The lowest BCUT2D eigenvalue weighted by Gasteiger charge is -2.24. The molecule has 0 radical (unpaired) electrons. The summed E-state index contributed by atoms with van der Waals surface area (Å²) in [6, 6.07) is 17.7. The second kappa shape index (κ2) is 8.63. The van der Waals surface area contributed by atoms with Gasteiger partial charge in [0.2, 0.25) is 17.7 Å². The number of nitrogens with zero attached hydrogens (tertiary/aromatic N) is 4. The van der Waals surface area contributed by atoms with Gasteiger partial charge in [-0.15, -0.1) is 10.2 Å². The SMILES string of the molecule is COc1ccc(C2(C(=O)N3C[C@H](CN(C)C)[C@@H](c4nnc(-c5ccccc5)o4)C3)CC2)cc1. The highest BCUT2D eigenvalue weighted by Gasteiger charge is 2.55. The van der Waals surface area contributed by atoms with E-state index in [0.717, 1.165) is 36.3 Å². The minimum Gasteiger partial charge on any atom is -0.497 e. The van der Waals surface area contributed by atoms with Gasteiger partial charge in [-0.05, 0) is 56.8 Å². The highest BCUT2D eigenvalue weighted by atomic mass is 16.5. The lowest BCUT2D eigenvalue weighted by atomic mass is 9.94. The Kier molecular flexibility index (Phi) is 5.66. The van der Waals surface area contributed by atoms with E-state index in [1.165, 1.54) is 0 Å². The quantitative estimate of drug-likeness (QED) is 0.552. The molecule has 2 fully saturated rings. The summed E-state index contributed by atoms with van der Waals surface area (Å²) in [4.78, 5) is 17.9. The van der Waals surface area contributed by atoms with Crippen LogP contribution in [-0.4, -0.2) is 66.7 Å². The van der Waals surface area contributed by atoms with Gasteiger partial charge in [-0.3, -0.25) is 4.79 Å². The zero-order chi connectivity index (χ0) is 23.0. The van der Waals surface area contributed by atoms with Gasteiger partial charge in [0, 0.05) is 31.1 Å². The van der Waals surface area contributed by atoms with E-state index in [0.29, 0.717) is 24.9 Å². The van der Waals surface area contributed by atoms with E-state index >= 15 is 0 Å². The molecule has 33 heavy (non-hydrogen) atoms. The van der Waals surface area contributed by atoms with Crippen LogP contribution < -0.4 is 4.74 Å². The standard InChI is InChI=1S/C26H30N4O3/c1-29(2)15-19-16-30(25(31)26(13-14-26)20-9-11-21(32-3)12-10-20)17-22(19)24-28-27-23(33-24)18-7-5-4-6-8-18/h4-12,19,22H,13-17H2,1-3H3/t19-,22-/m0/s1. The van der Waals surface area contributed by atoms with Crippen LogP contribution in [-0.2, 0) is 10.2 Å². The molecule has 5 rings (SSSR count). The first kappa shape index (κ1) is 21.6. The van der Waals surface area contributed by atoms with Gasteiger partial charge in [0.1, 0.15) is 5.75 Å². The molecule has 0 unspecified atom stereocenters. The molecule has 1 saturated heterocycles. The van der Waals surface area contributed by atoms with E-state index in [4.69, 9.17) is 9.15 Å². The molecule has 1 aromatic heterocycles. The largest absolute Gasteiger partial charge is 0.497 e. The van der Waals surface area contributed by atoms with Crippen molar-refractivity contribution in [2.45, 2.75) is 24.2 Å². The van der Waals surface area contributed by atoms with E-state index < -0.39 is 5.41 Å². The Morgan fingerprint density at radius 2 is 1.82 bits per heavy atom. The van der Waals surface area contributed by atoms with Gasteiger partial charge in [0.25, 0.3) is 0 Å². The van der Waals surface area contributed by atoms with E-state index in [9.17, 15) is 4.79 Å². The van der Waals surface area contributed by atoms with Gasteiger partial charge in [0.15, 0.2) is 0 Å². The number of hydrogen-bond donors (Lipinski definition) is 0. The van der Waals surface area contributed by atoms with Crippen LogP contribution in [0.2, 0.25) is 0 Å². The average Bonchev–Trinajstić information content (AvgIpc) is 3.31. The van der Waals surface area contributed by atoms with E-state index in [2.05, 4.69) is 29.2 Å². The van der Waals surface area contributed by atoms with Crippen molar-refractivity contribution < 1.29 is 13.9 Å². The van der Waals surface area contributed by atoms with Crippen molar-refractivity contribution in [1.82, 2.24) is 20.0 Å². The first-order valence-electron chi connectivity index (χ1n) is 11.5. The Bertz CT molecular complexity index is 1110. The Balaban J connectivity index is 1.38. The molecule has 172 valence electrons. The molecular weight excluding hydrogens is 416 g/mol. The summed E-state index contributed by atoms with van der Waals surface area (Å²) in [7, 11) is 5.78. The molecule has 3 aromatic rings. The molecule has 1 aliphatic carbocycles. The molecule has 0 N–H and O–H groups in total. The predicted octanol–water partition coefficient (Wildman–Crippen LogP) is 3.58. The van der Waals surface area contributed by atoms with Crippen LogP contribution in [0.5, 0.6) is 5.75 Å². The smallest absolute Gasteiger partial charge is 0.247 e. The number of amides is 1. The Labute approximate surface area is 194 Å². The molecule has 0 spiro atoms. The summed E-state index contributed by atoms with van der Waals surface area (Å²) in [6.07, 6.45) is 1.77. The number of ether oxygens (including phenoxy) is 1. The first-order valence-corrected chi connectivity index (χ1v) is 11.5. The van der Waals surface area contributed by atoms with Gasteiger partial charge in [0.05, 0.1) is 18.4 Å². The van der Waals surface area contributed by atoms with Crippen molar-refractivity contribution in [3.8, 4) is 17.2 Å². The monoisotopic (exact) mass is 446 g/mol. The van der Waals surface area contributed by atoms with Crippen LogP contribution >= 0.6 is 0 Å². The van der Waals surface area contributed by atoms with E-state index in [1.54, 1.807) is 7.11 Å². The minimum absolute atomic E-state index is 0.0213. The number of carbonyl (C=O) groups is 1. The summed E-state index contributed by atoms with van der Waals surface area (Å²) >= 11 is 0. The van der Waals surface area contributed by atoms with Gasteiger partial charge in [-0.2, -0.15) is 0 Å². The van der Waals surface area contributed by atoms with Gasteiger partial charge in [-0.1, -0.05) is 30.3 Å². The summed E-state index contributed by atoms with van der Waals surface area (Å²) in [5.41, 5.74) is 1.57. The lowest BCUT2D eigenvalue weighted by molar-refractivity contribution is -0.133. The van der Waals surface area contributed by atoms with Crippen molar-refractivity contribution >= 4 is 5.91 Å². The van der Waals surface area contributed by atoms with Crippen LogP contribution in [0.3, 0.4) is 0 Å². The minimum atomic E-state index is -0.409. The molecule has 2 aliphatic rings. The van der Waals surface area contributed by atoms with Crippen molar-refractivity contribution in [3.05, 3.63) is 66.1 Å². The van der Waals surface area contributed by atoms with Crippen LogP contribution in [0, 0.1) is 5.92 Å². The molecule has 1 amide bonds. The van der Waals surface area contributed by atoms with Crippen molar-refractivity contribution in [2.75, 3.05) is 40.8 Å². The molecule has 2 heterocycles.